The highest BCUT2D eigenvalue weighted by Crippen LogP contribution is 2.34. The third kappa shape index (κ3) is 2.60. The zero-order chi connectivity index (χ0) is 15.0. The van der Waals surface area contributed by atoms with Crippen LogP contribution in [0.5, 0.6) is 0 Å². The molecule has 2 atom stereocenters. The van der Waals surface area contributed by atoms with Gasteiger partial charge < -0.3 is 10.1 Å². The lowest BCUT2D eigenvalue weighted by Crippen LogP contribution is -2.27. The van der Waals surface area contributed by atoms with Crippen molar-refractivity contribution in [2.45, 2.75) is 37.0 Å². The summed E-state index contributed by atoms with van der Waals surface area (Å²) in [7, 11) is 0. The Morgan fingerprint density at radius 1 is 1.43 bits per heavy atom. The van der Waals surface area contributed by atoms with E-state index in [0.717, 1.165) is 19.3 Å². The predicted octanol–water partition coefficient (Wildman–Crippen LogP) is 2.87. The van der Waals surface area contributed by atoms with E-state index < -0.39 is 5.97 Å². The van der Waals surface area contributed by atoms with Crippen LogP contribution in [0.15, 0.2) is 23.0 Å². The van der Waals surface area contributed by atoms with Gasteiger partial charge in [0.1, 0.15) is 0 Å². The quantitative estimate of drug-likeness (QED) is 0.914. The lowest BCUT2D eigenvalue weighted by atomic mass is 9.94. The van der Waals surface area contributed by atoms with Crippen LogP contribution in [0, 0.1) is 0 Å². The molecule has 1 aliphatic carbocycles. The fraction of sp³-hybridized carbons (Fsp3) is 0.467. The third-order valence-corrected chi connectivity index (χ3v) is 5.36. The number of fused-ring (bicyclic) bond motifs is 1. The Bertz CT molecular complexity index is 734. The fourth-order valence-corrected chi connectivity index (χ4v) is 4.00. The van der Waals surface area contributed by atoms with E-state index in [1.54, 1.807) is 16.7 Å². The molecule has 6 heteroatoms. The van der Waals surface area contributed by atoms with Crippen LogP contribution in [-0.4, -0.2) is 32.1 Å². The SMILES string of the molecule is CSC1CCCC(n2c(=O)[nH]c3ccc(C(=O)O)cc32)C1. The molecule has 2 aromatic rings. The second-order valence-corrected chi connectivity index (χ2v) is 6.65. The van der Waals surface area contributed by atoms with Crippen molar-refractivity contribution in [1.82, 2.24) is 9.55 Å². The normalized spacial score (nSPS) is 22.5. The van der Waals surface area contributed by atoms with E-state index in [2.05, 4.69) is 11.2 Å². The van der Waals surface area contributed by atoms with Crippen LogP contribution < -0.4 is 5.69 Å². The fourth-order valence-electron chi connectivity index (χ4n) is 3.19. The minimum Gasteiger partial charge on any atom is -0.478 e. The number of carbonyl (C=O) groups is 1. The first-order valence-corrected chi connectivity index (χ1v) is 8.39. The molecule has 5 nitrogen and oxygen atoms in total. The van der Waals surface area contributed by atoms with E-state index >= 15 is 0 Å². The number of benzene rings is 1. The van der Waals surface area contributed by atoms with Gasteiger partial charge >= 0.3 is 11.7 Å². The summed E-state index contributed by atoms with van der Waals surface area (Å²) in [5, 5.41) is 9.70. The minimum absolute atomic E-state index is 0.140. The number of carboxylic acids is 1. The Balaban J connectivity index is 2.08. The highest BCUT2D eigenvalue weighted by atomic mass is 32.2. The number of aromatic carboxylic acids is 1. The van der Waals surface area contributed by atoms with Gasteiger partial charge in [-0.25, -0.2) is 9.59 Å². The van der Waals surface area contributed by atoms with Gasteiger partial charge in [-0.1, -0.05) is 6.42 Å². The molecule has 2 unspecified atom stereocenters. The zero-order valence-electron chi connectivity index (χ0n) is 11.8. The van der Waals surface area contributed by atoms with Gasteiger partial charge in [-0.05, 0) is 43.7 Å². The molecular formula is C15H18N2O3S. The van der Waals surface area contributed by atoms with Crippen molar-refractivity contribution in [1.29, 1.82) is 0 Å². The van der Waals surface area contributed by atoms with E-state index in [0.29, 0.717) is 16.3 Å². The number of carboxylic acid groups (broad SMARTS) is 1. The van der Waals surface area contributed by atoms with Crippen molar-refractivity contribution < 1.29 is 9.90 Å². The number of aromatic nitrogens is 2. The van der Waals surface area contributed by atoms with E-state index in [1.807, 2.05) is 11.8 Å². The van der Waals surface area contributed by atoms with Crippen LogP contribution in [0.1, 0.15) is 42.1 Å². The number of imidazole rings is 1. The van der Waals surface area contributed by atoms with Gasteiger partial charge in [-0.2, -0.15) is 11.8 Å². The van der Waals surface area contributed by atoms with Crippen LogP contribution in [0.3, 0.4) is 0 Å². The molecule has 1 fully saturated rings. The molecule has 0 saturated heterocycles. The number of rotatable bonds is 3. The Morgan fingerprint density at radius 3 is 2.95 bits per heavy atom. The summed E-state index contributed by atoms with van der Waals surface area (Å²) in [6.45, 7) is 0. The third-order valence-electron chi connectivity index (χ3n) is 4.26. The molecule has 1 saturated carbocycles. The molecule has 0 radical (unpaired) electrons. The van der Waals surface area contributed by atoms with Crippen molar-refractivity contribution in [3.63, 3.8) is 0 Å². The van der Waals surface area contributed by atoms with Gasteiger partial charge in [0.25, 0.3) is 0 Å². The average Bonchev–Trinajstić information content (AvgIpc) is 2.82. The molecular weight excluding hydrogens is 288 g/mol. The molecule has 1 aliphatic rings. The molecule has 1 aromatic carbocycles. The number of nitrogens with one attached hydrogen (secondary N) is 1. The van der Waals surface area contributed by atoms with Crippen molar-refractivity contribution in [2.24, 2.45) is 0 Å². The van der Waals surface area contributed by atoms with Crippen molar-refractivity contribution in [2.75, 3.05) is 6.26 Å². The van der Waals surface area contributed by atoms with Crippen molar-refractivity contribution in [3.05, 3.63) is 34.2 Å². The number of hydrogen-bond acceptors (Lipinski definition) is 3. The smallest absolute Gasteiger partial charge is 0.335 e. The second-order valence-electron chi connectivity index (χ2n) is 5.52. The number of hydrogen-bond donors (Lipinski definition) is 2. The minimum atomic E-state index is -0.970. The van der Waals surface area contributed by atoms with Crippen LogP contribution >= 0.6 is 11.8 Å². The Labute approximate surface area is 126 Å². The maximum atomic E-state index is 12.3. The van der Waals surface area contributed by atoms with E-state index in [9.17, 15) is 9.59 Å². The van der Waals surface area contributed by atoms with Gasteiger partial charge in [0.05, 0.1) is 16.6 Å². The summed E-state index contributed by atoms with van der Waals surface area (Å²) in [4.78, 5) is 26.2. The molecule has 1 aromatic heterocycles. The molecule has 3 rings (SSSR count). The van der Waals surface area contributed by atoms with E-state index in [1.165, 1.54) is 12.5 Å². The summed E-state index contributed by atoms with van der Waals surface area (Å²) in [5.41, 5.74) is 1.48. The van der Waals surface area contributed by atoms with Crippen LogP contribution in [0.4, 0.5) is 0 Å². The highest BCUT2D eigenvalue weighted by Gasteiger charge is 2.25. The maximum Gasteiger partial charge on any atom is 0.335 e. The maximum absolute atomic E-state index is 12.3. The van der Waals surface area contributed by atoms with Gasteiger partial charge in [0.2, 0.25) is 0 Å². The molecule has 112 valence electrons. The molecule has 21 heavy (non-hydrogen) atoms. The summed E-state index contributed by atoms with van der Waals surface area (Å²) in [6.07, 6.45) is 6.34. The standard InChI is InChI=1S/C15H18N2O3S/c1-21-11-4-2-3-10(8-11)17-13-7-9(14(18)19)5-6-12(13)16-15(17)20/h5-7,10-11H,2-4,8H2,1H3,(H,16,20)(H,18,19). The summed E-state index contributed by atoms with van der Waals surface area (Å²) in [5.74, 6) is -0.970. The van der Waals surface area contributed by atoms with Gasteiger partial charge in [-0.15, -0.1) is 0 Å². The number of nitrogens with zero attached hydrogens (tertiary/aromatic N) is 1. The Morgan fingerprint density at radius 2 is 2.24 bits per heavy atom. The first-order valence-electron chi connectivity index (χ1n) is 7.10. The second kappa shape index (κ2) is 5.60. The van der Waals surface area contributed by atoms with E-state index in [-0.39, 0.29) is 17.3 Å². The van der Waals surface area contributed by atoms with E-state index in [4.69, 9.17) is 5.11 Å². The van der Waals surface area contributed by atoms with Crippen molar-refractivity contribution in [3.8, 4) is 0 Å². The molecule has 0 aliphatic heterocycles. The molecule has 0 amide bonds. The van der Waals surface area contributed by atoms with Gasteiger partial charge in [0.15, 0.2) is 0 Å². The topological polar surface area (TPSA) is 75.1 Å². The zero-order valence-corrected chi connectivity index (χ0v) is 12.7. The van der Waals surface area contributed by atoms with Crippen molar-refractivity contribution >= 4 is 28.8 Å². The molecule has 0 bridgehead atoms. The molecule has 1 heterocycles. The summed E-state index contributed by atoms with van der Waals surface area (Å²) >= 11 is 1.85. The highest BCUT2D eigenvalue weighted by molar-refractivity contribution is 7.99. The van der Waals surface area contributed by atoms with Gasteiger partial charge in [0, 0.05) is 11.3 Å². The molecule has 2 N–H and O–H groups in total. The average molecular weight is 306 g/mol. The first kappa shape index (κ1) is 14.3. The largest absolute Gasteiger partial charge is 0.478 e. The van der Waals surface area contributed by atoms with Gasteiger partial charge in [-0.3, -0.25) is 4.57 Å². The lowest BCUT2D eigenvalue weighted by Gasteiger charge is -2.28. The first-order chi connectivity index (χ1) is 10.1. The summed E-state index contributed by atoms with van der Waals surface area (Å²) < 4.78 is 1.75. The van der Waals surface area contributed by atoms with Crippen LogP contribution in [-0.2, 0) is 0 Å². The monoisotopic (exact) mass is 306 g/mol. The number of H-pyrrole nitrogens is 1. The number of aromatic amines is 1. The molecule has 0 spiro atoms. The predicted molar refractivity (Wildman–Crippen MR) is 84.3 cm³/mol. The van der Waals surface area contributed by atoms with Crippen LogP contribution in [0.2, 0.25) is 0 Å². The summed E-state index contributed by atoms with van der Waals surface area (Å²) in [6, 6.07) is 4.95. The lowest BCUT2D eigenvalue weighted by molar-refractivity contribution is 0.0697. The Kier molecular flexibility index (Phi) is 3.80. The van der Waals surface area contributed by atoms with Crippen LogP contribution in [0.25, 0.3) is 11.0 Å². The Hall–Kier alpha value is -1.69. The number of thioether (sulfide) groups is 1.